The molecule has 0 aliphatic carbocycles. The second-order valence-electron chi connectivity index (χ2n) is 6.87. The van der Waals surface area contributed by atoms with Gasteiger partial charge in [-0.15, -0.1) is 0 Å². The van der Waals surface area contributed by atoms with Crippen molar-refractivity contribution in [3.8, 4) is 0 Å². The minimum absolute atomic E-state index is 0.180. The van der Waals surface area contributed by atoms with Gasteiger partial charge in [0.2, 0.25) is 5.95 Å². The number of aryl methyl sites for hydroxylation is 2. The average molecular weight is 392 g/mol. The van der Waals surface area contributed by atoms with E-state index in [1.807, 2.05) is 51.1 Å². The van der Waals surface area contributed by atoms with Crippen molar-refractivity contribution in [2.75, 3.05) is 23.3 Å². The van der Waals surface area contributed by atoms with E-state index in [0.717, 1.165) is 11.3 Å². The highest BCUT2D eigenvalue weighted by Gasteiger charge is 2.19. The monoisotopic (exact) mass is 392 g/mol. The molecule has 1 N–H and O–H groups in total. The number of hydrogen-bond acceptors (Lipinski definition) is 4. The van der Waals surface area contributed by atoms with E-state index in [1.165, 1.54) is 6.07 Å². The molecule has 0 aliphatic heterocycles. The molecule has 0 atom stereocenters. The Morgan fingerprint density at radius 2 is 1.86 bits per heavy atom. The topological polar surface area (TPSA) is 58.1 Å². The lowest BCUT2D eigenvalue weighted by Gasteiger charge is -2.21. The third-order valence-corrected chi connectivity index (χ3v) is 4.58. The minimum Gasteiger partial charge on any atom is -0.354 e. The molecule has 0 saturated heterocycles. The van der Waals surface area contributed by atoms with Gasteiger partial charge in [0.1, 0.15) is 11.5 Å². The third-order valence-electron chi connectivity index (χ3n) is 4.58. The molecule has 29 heavy (non-hydrogen) atoms. The van der Waals surface area contributed by atoms with Crippen LogP contribution < -0.4 is 10.2 Å². The van der Waals surface area contributed by atoms with E-state index >= 15 is 0 Å². The van der Waals surface area contributed by atoms with Gasteiger partial charge < -0.3 is 10.2 Å². The molecule has 0 saturated carbocycles. The second-order valence-corrected chi connectivity index (χ2v) is 6.87. The zero-order valence-electron chi connectivity index (χ0n) is 16.9. The molecule has 0 bridgehead atoms. The Balaban J connectivity index is 1.75. The predicted molar refractivity (Wildman–Crippen MR) is 114 cm³/mol. The quantitative estimate of drug-likeness (QED) is 0.641. The smallest absolute Gasteiger partial charge is 0.277 e. The van der Waals surface area contributed by atoms with Crippen molar-refractivity contribution in [1.29, 1.82) is 0 Å². The third kappa shape index (κ3) is 5.16. The first-order valence-electron chi connectivity index (χ1n) is 9.69. The first-order chi connectivity index (χ1) is 14.0. The Hall–Kier alpha value is -3.28. The average Bonchev–Trinajstić information content (AvgIpc) is 2.69. The summed E-state index contributed by atoms with van der Waals surface area (Å²) in [7, 11) is 0. The molecule has 0 radical (unpaired) electrons. The largest absolute Gasteiger partial charge is 0.354 e. The van der Waals surface area contributed by atoms with Gasteiger partial charge >= 0.3 is 0 Å². The number of carbonyl (C=O) groups excluding carboxylic acids is 1. The van der Waals surface area contributed by atoms with Gasteiger partial charge in [0.15, 0.2) is 0 Å². The molecule has 1 heterocycles. The molecular formula is C23H25FN4O. The van der Waals surface area contributed by atoms with Gasteiger partial charge in [-0.2, -0.15) is 0 Å². The fourth-order valence-electron chi connectivity index (χ4n) is 3.14. The number of carbonyl (C=O) groups is 1. The van der Waals surface area contributed by atoms with E-state index in [-0.39, 0.29) is 11.7 Å². The summed E-state index contributed by atoms with van der Waals surface area (Å²) in [5.41, 5.74) is 3.57. The minimum atomic E-state index is -0.230. The van der Waals surface area contributed by atoms with Crippen LogP contribution in [0.3, 0.4) is 0 Å². The molecule has 3 aromatic rings. The van der Waals surface area contributed by atoms with Gasteiger partial charge in [-0.1, -0.05) is 30.3 Å². The number of hydrogen-bond donors (Lipinski definition) is 1. The van der Waals surface area contributed by atoms with Crippen molar-refractivity contribution in [2.45, 2.75) is 27.2 Å². The molecule has 0 aliphatic rings. The van der Waals surface area contributed by atoms with Crippen LogP contribution in [0.2, 0.25) is 0 Å². The van der Waals surface area contributed by atoms with Crippen molar-refractivity contribution < 1.29 is 9.18 Å². The zero-order chi connectivity index (χ0) is 20.8. The fraction of sp³-hybridized carbons (Fsp3) is 0.261. The van der Waals surface area contributed by atoms with Crippen LogP contribution >= 0.6 is 0 Å². The van der Waals surface area contributed by atoms with Gasteiger partial charge in [0, 0.05) is 24.5 Å². The SMILES string of the molecule is CCN(C(=O)c1cc(C)nc(NCCc2ccccc2F)n1)c1cccc(C)c1. The maximum absolute atomic E-state index is 13.8. The molecule has 1 aromatic heterocycles. The van der Waals surface area contributed by atoms with Crippen LogP contribution in [0, 0.1) is 19.7 Å². The standard InChI is InChI=1S/C23H25FN4O/c1-4-28(19-10-7-8-16(2)14-19)22(29)21-15-17(3)26-23(27-21)25-13-12-18-9-5-6-11-20(18)24/h5-11,14-15H,4,12-13H2,1-3H3,(H,25,26,27). The van der Waals surface area contributed by atoms with Gasteiger partial charge in [0.25, 0.3) is 5.91 Å². The molecule has 2 aromatic carbocycles. The number of benzene rings is 2. The Labute approximate surface area is 170 Å². The molecular weight excluding hydrogens is 367 g/mol. The highest BCUT2D eigenvalue weighted by molar-refractivity contribution is 6.05. The van der Waals surface area contributed by atoms with Crippen molar-refractivity contribution in [3.05, 3.63) is 82.9 Å². The van der Waals surface area contributed by atoms with Crippen LogP contribution in [-0.2, 0) is 6.42 Å². The second kappa shape index (κ2) is 9.28. The van der Waals surface area contributed by atoms with Crippen molar-refractivity contribution >= 4 is 17.5 Å². The van der Waals surface area contributed by atoms with E-state index in [1.54, 1.807) is 23.1 Å². The van der Waals surface area contributed by atoms with Crippen LogP contribution in [-0.4, -0.2) is 29.0 Å². The summed E-state index contributed by atoms with van der Waals surface area (Å²) < 4.78 is 13.8. The lowest BCUT2D eigenvalue weighted by atomic mass is 10.1. The molecule has 150 valence electrons. The van der Waals surface area contributed by atoms with Crippen LogP contribution in [0.15, 0.2) is 54.6 Å². The maximum Gasteiger partial charge on any atom is 0.277 e. The number of nitrogens with zero attached hydrogens (tertiary/aromatic N) is 3. The number of anilines is 2. The molecule has 0 unspecified atom stereocenters. The summed E-state index contributed by atoms with van der Waals surface area (Å²) in [5, 5.41) is 3.10. The van der Waals surface area contributed by atoms with Crippen molar-refractivity contribution in [1.82, 2.24) is 9.97 Å². The summed E-state index contributed by atoms with van der Waals surface area (Å²) in [4.78, 5) is 23.5. The van der Waals surface area contributed by atoms with E-state index in [2.05, 4.69) is 15.3 Å². The van der Waals surface area contributed by atoms with E-state index in [0.29, 0.717) is 42.4 Å². The molecule has 3 rings (SSSR count). The molecule has 0 spiro atoms. The first-order valence-corrected chi connectivity index (χ1v) is 9.69. The van der Waals surface area contributed by atoms with E-state index in [9.17, 15) is 9.18 Å². The van der Waals surface area contributed by atoms with Crippen LogP contribution in [0.5, 0.6) is 0 Å². The first kappa shape index (κ1) is 20.5. The van der Waals surface area contributed by atoms with Gasteiger partial charge in [-0.25, -0.2) is 14.4 Å². The van der Waals surface area contributed by atoms with Crippen molar-refractivity contribution in [2.24, 2.45) is 0 Å². The van der Waals surface area contributed by atoms with Crippen LogP contribution in [0.25, 0.3) is 0 Å². The highest BCUT2D eigenvalue weighted by atomic mass is 19.1. The number of rotatable bonds is 7. The maximum atomic E-state index is 13.8. The van der Waals surface area contributed by atoms with E-state index in [4.69, 9.17) is 0 Å². The summed E-state index contributed by atoms with van der Waals surface area (Å²) in [6, 6.07) is 16.2. The number of amides is 1. The summed E-state index contributed by atoms with van der Waals surface area (Å²) in [6.45, 7) is 6.74. The molecule has 5 nitrogen and oxygen atoms in total. The Bertz CT molecular complexity index is 1010. The fourth-order valence-corrected chi connectivity index (χ4v) is 3.14. The van der Waals surface area contributed by atoms with Crippen LogP contribution in [0.4, 0.5) is 16.0 Å². The molecule has 0 fully saturated rings. The predicted octanol–water partition coefficient (Wildman–Crippen LogP) is 4.55. The van der Waals surface area contributed by atoms with Gasteiger partial charge in [-0.3, -0.25) is 4.79 Å². The highest BCUT2D eigenvalue weighted by Crippen LogP contribution is 2.19. The Kier molecular flexibility index (Phi) is 6.54. The summed E-state index contributed by atoms with van der Waals surface area (Å²) in [6.07, 6.45) is 0.498. The Morgan fingerprint density at radius 3 is 2.59 bits per heavy atom. The van der Waals surface area contributed by atoms with E-state index < -0.39 is 0 Å². The van der Waals surface area contributed by atoms with Crippen LogP contribution in [0.1, 0.15) is 34.2 Å². The number of aromatic nitrogens is 2. The van der Waals surface area contributed by atoms with Gasteiger partial charge in [-0.05, 0) is 62.6 Å². The summed E-state index contributed by atoms with van der Waals surface area (Å²) in [5.74, 6) is -0.0437. The number of halogens is 1. The lowest BCUT2D eigenvalue weighted by molar-refractivity contribution is 0.0983. The zero-order valence-corrected chi connectivity index (χ0v) is 16.9. The van der Waals surface area contributed by atoms with Gasteiger partial charge in [0.05, 0.1) is 0 Å². The molecule has 6 heteroatoms. The summed E-state index contributed by atoms with van der Waals surface area (Å²) >= 11 is 0. The lowest BCUT2D eigenvalue weighted by Crippen LogP contribution is -2.31. The normalized spacial score (nSPS) is 10.6. The molecule has 1 amide bonds. The number of nitrogens with one attached hydrogen (secondary N) is 1. The van der Waals surface area contributed by atoms with Crippen molar-refractivity contribution in [3.63, 3.8) is 0 Å². The Morgan fingerprint density at radius 1 is 1.07 bits per heavy atom.